The Labute approximate surface area is 98.6 Å². The van der Waals surface area contributed by atoms with Crippen LogP contribution in [0.3, 0.4) is 0 Å². The summed E-state index contributed by atoms with van der Waals surface area (Å²) in [6.45, 7) is 0. The molecule has 1 aromatic heterocycles. The van der Waals surface area contributed by atoms with Gasteiger partial charge in [-0.15, -0.1) is 0 Å². The standard InChI is InChI=1S/C11H7BrF2O2/c12-11-7(4-5-16-11)10(15)6-2-1-3-8(13)9(6)14/h1-5,10,15H. The highest BCUT2D eigenvalue weighted by Gasteiger charge is 2.20. The molecule has 5 heteroatoms. The Morgan fingerprint density at radius 2 is 1.94 bits per heavy atom. The minimum Gasteiger partial charge on any atom is -0.457 e. The van der Waals surface area contributed by atoms with E-state index in [0.29, 0.717) is 10.2 Å². The summed E-state index contributed by atoms with van der Waals surface area (Å²) in [6.07, 6.45) is 0.0867. The molecule has 2 nitrogen and oxygen atoms in total. The Bertz CT molecular complexity index is 510. The van der Waals surface area contributed by atoms with Gasteiger partial charge in [-0.2, -0.15) is 0 Å². The van der Waals surface area contributed by atoms with E-state index in [-0.39, 0.29) is 5.56 Å². The molecule has 0 aliphatic carbocycles. The Kier molecular flexibility index (Phi) is 3.07. The quantitative estimate of drug-likeness (QED) is 0.919. The van der Waals surface area contributed by atoms with Crippen molar-refractivity contribution >= 4 is 15.9 Å². The smallest absolute Gasteiger partial charge is 0.175 e. The van der Waals surface area contributed by atoms with E-state index < -0.39 is 17.7 Å². The van der Waals surface area contributed by atoms with Gasteiger partial charge in [0, 0.05) is 11.1 Å². The highest BCUT2D eigenvalue weighted by atomic mass is 79.9. The summed E-state index contributed by atoms with van der Waals surface area (Å²) in [4.78, 5) is 0. The molecule has 0 radical (unpaired) electrons. The molecule has 0 aliphatic rings. The van der Waals surface area contributed by atoms with Crippen LogP contribution in [0.5, 0.6) is 0 Å². The van der Waals surface area contributed by atoms with Crippen LogP contribution >= 0.6 is 15.9 Å². The van der Waals surface area contributed by atoms with Crippen LogP contribution in [-0.2, 0) is 0 Å². The van der Waals surface area contributed by atoms with E-state index in [1.54, 1.807) is 0 Å². The van der Waals surface area contributed by atoms with E-state index in [4.69, 9.17) is 4.42 Å². The summed E-state index contributed by atoms with van der Waals surface area (Å²) in [5.74, 6) is -2.04. The van der Waals surface area contributed by atoms with E-state index in [0.717, 1.165) is 6.07 Å². The van der Waals surface area contributed by atoms with Crippen LogP contribution in [0.2, 0.25) is 0 Å². The minimum absolute atomic E-state index is 0.123. The van der Waals surface area contributed by atoms with Gasteiger partial charge in [0.1, 0.15) is 6.10 Å². The molecular formula is C11H7BrF2O2. The van der Waals surface area contributed by atoms with Gasteiger partial charge in [-0.25, -0.2) is 8.78 Å². The normalized spacial score (nSPS) is 12.8. The zero-order valence-electron chi connectivity index (χ0n) is 7.95. The molecule has 1 aromatic carbocycles. The summed E-state index contributed by atoms with van der Waals surface area (Å²) >= 11 is 3.06. The van der Waals surface area contributed by atoms with Crippen molar-refractivity contribution in [3.05, 3.63) is 58.0 Å². The van der Waals surface area contributed by atoms with E-state index >= 15 is 0 Å². The Hall–Kier alpha value is -1.20. The number of hydrogen-bond acceptors (Lipinski definition) is 2. The number of furan rings is 1. The number of aliphatic hydroxyl groups excluding tert-OH is 1. The van der Waals surface area contributed by atoms with Crippen molar-refractivity contribution in [2.75, 3.05) is 0 Å². The first-order valence-electron chi connectivity index (χ1n) is 4.46. The third-order valence-electron chi connectivity index (χ3n) is 2.22. The van der Waals surface area contributed by atoms with Crippen LogP contribution in [-0.4, -0.2) is 5.11 Å². The maximum absolute atomic E-state index is 13.4. The zero-order chi connectivity index (χ0) is 11.7. The van der Waals surface area contributed by atoms with Crippen molar-refractivity contribution < 1.29 is 18.3 Å². The fourth-order valence-electron chi connectivity index (χ4n) is 1.40. The molecule has 1 atom stereocenters. The predicted molar refractivity (Wildman–Crippen MR) is 56.8 cm³/mol. The first-order valence-corrected chi connectivity index (χ1v) is 5.25. The van der Waals surface area contributed by atoms with Crippen LogP contribution in [0.1, 0.15) is 17.2 Å². The van der Waals surface area contributed by atoms with Crippen molar-refractivity contribution in [3.8, 4) is 0 Å². The van der Waals surface area contributed by atoms with Crippen molar-refractivity contribution in [2.24, 2.45) is 0 Å². The van der Waals surface area contributed by atoms with E-state index in [2.05, 4.69) is 15.9 Å². The highest BCUT2D eigenvalue weighted by molar-refractivity contribution is 9.10. The fourth-order valence-corrected chi connectivity index (χ4v) is 1.86. The van der Waals surface area contributed by atoms with E-state index in [1.807, 2.05) is 0 Å². The number of hydrogen-bond donors (Lipinski definition) is 1. The largest absolute Gasteiger partial charge is 0.457 e. The fraction of sp³-hybridized carbons (Fsp3) is 0.0909. The maximum Gasteiger partial charge on any atom is 0.175 e. The number of benzene rings is 1. The molecular weight excluding hydrogens is 282 g/mol. The minimum atomic E-state index is -1.26. The van der Waals surface area contributed by atoms with Gasteiger partial charge in [0.25, 0.3) is 0 Å². The van der Waals surface area contributed by atoms with Crippen LogP contribution < -0.4 is 0 Å². The van der Waals surface area contributed by atoms with Crippen LogP contribution in [0.15, 0.2) is 39.6 Å². The van der Waals surface area contributed by atoms with Crippen molar-refractivity contribution in [2.45, 2.75) is 6.10 Å². The average Bonchev–Trinajstić information content (AvgIpc) is 2.68. The zero-order valence-corrected chi connectivity index (χ0v) is 9.54. The van der Waals surface area contributed by atoms with Gasteiger partial charge >= 0.3 is 0 Å². The lowest BCUT2D eigenvalue weighted by Gasteiger charge is -2.10. The van der Waals surface area contributed by atoms with Crippen LogP contribution in [0, 0.1) is 11.6 Å². The summed E-state index contributed by atoms with van der Waals surface area (Å²) in [5.41, 5.74) is 0.228. The molecule has 0 saturated carbocycles. The molecule has 0 saturated heterocycles. The molecule has 0 spiro atoms. The second-order valence-corrected chi connectivity index (χ2v) is 3.92. The molecule has 2 rings (SSSR count). The van der Waals surface area contributed by atoms with Crippen molar-refractivity contribution in [1.82, 2.24) is 0 Å². The van der Waals surface area contributed by atoms with Gasteiger partial charge in [0.15, 0.2) is 16.3 Å². The first kappa shape index (κ1) is 11.3. The highest BCUT2D eigenvalue weighted by Crippen LogP contribution is 2.31. The molecule has 0 fully saturated rings. The lowest BCUT2D eigenvalue weighted by molar-refractivity contribution is 0.211. The molecule has 16 heavy (non-hydrogen) atoms. The van der Waals surface area contributed by atoms with Gasteiger partial charge in [0.05, 0.1) is 6.26 Å². The van der Waals surface area contributed by atoms with Gasteiger partial charge < -0.3 is 9.52 Å². The number of rotatable bonds is 2. The van der Waals surface area contributed by atoms with Crippen LogP contribution in [0.4, 0.5) is 8.78 Å². The van der Waals surface area contributed by atoms with Gasteiger partial charge in [-0.05, 0) is 28.1 Å². The van der Waals surface area contributed by atoms with Crippen LogP contribution in [0.25, 0.3) is 0 Å². The Morgan fingerprint density at radius 3 is 2.56 bits per heavy atom. The summed E-state index contributed by atoms with van der Waals surface area (Å²) in [7, 11) is 0. The van der Waals surface area contributed by atoms with Crippen molar-refractivity contribution in [1.29, 1.82) is 0 Å². The van der Waals surface area contributed by atoms with E-state index in [9.17, 15) is 13.9 Å². The van der Waals surface area contributed by atoms with Gasteiger partial charge in [-0.1, -0.05) is 12.1 Å². The number of halogens is 3. The lowest BCUT2D eigenvalue weighted by Crippen LogP contribution is -2.03. The summed E-state index contributed by atoms with van der Waals surface area (Å²) in [5, 5.41) is 9.87. The molecule has 2 aromatic rings. The molecule has 1 N–H and O–H groups in total. The molecule has 1 unspecified atom stereocenters. The molecule has 1 heterocycles. The lowest BCUT2D eigenvalue weighted by atomic mass is 10.0. The molecule has 84 valence electrons. The maximum atomic E-state index is 13.4. The molecule has 0 amide bonds. The SMILES string of the molecule is OC(c1ccoc1Br)c1cccc(F)c1F. The Morgan fingerprint density at radius 1 is 1.19 bits per heavy atom. The van der Waals surface area contributed by atoms with Gasteiger partial charge in [0.2, 0.25) is 0 Å². The van der Waals surface area contributed by atoms with Gasteiger partial charge in [-0.3, -0.25) is 0 Å². The Balaban J connectivity index is 2.46. The predicted octanol–water partition coefficient (Wildman–Crippen LogP) is 3.40. The topological polar surface area (TPSA) is 33.4 Å². The van der Waals surface area contributed by atoms with E-state index in [1.165, 1.54) is 24.5 Å². The van der Waals surface area contributed by atoms with Crippen molar-refractivity contribution in [3.63, 3.8) is 0 Å². The summed E-state index contributed by atoms with van der Waals surface area (Å²) < 4.78 is 31.6. The third-order valence-corrected chi connectivity index (χ3v) is 2.86. The monoisotopic (exact) mass is 288 g/mol. The average molecular weight is 289 g/mol. The third kappa shape index (κ3) is 1.88. The second kappa shape index (κ2) is 4.35. The number of aliphatic hydroxyl groups is 1. The molecule has 0 aliphatic heterocycles. The molecule has 0 bridgehead atoms. The summed E-state index contributed by atoms with van der Waals surface area (Å²) in [6, 6.07) is 5.14. The second-order valence-electron chi connectivity index (χ2n) is 3.20. The first-order chi connectivity index (χ1) is 7.61.